The van der Waals surface area contributed by atoms with Gasteiger partial charge in [-0.15, -0.1) is 0 Å². The van der Waals surface area contributed by atoms with Crippen molar-refractivity contribution in [3.05, 3.63) is 57.8 Å². The number of nitrogens with zero attached hydrogens (tertiary/aromatic N) is 1. The highest BCUT2D eigenvalue weighted by molar-refractivity contribution is 9.10. The number of aromatic nitrogens is 1. The summed E-state index contributed by atoms with van der Waals surface area (Å²) in [6.07, 6.45) is 2.69. The van der Waals surface area contributed by atoms with E-state index in [0.29, 0.717) is 0 Å². The fourth-order valence-electron chi connectivity index (χ4n) is 1.50. The van der Waals surface area contributed by atoms with Crippen molar-refractivity contribution >= 4 is 33.2 Å². The zero-order chi connectivity index (χ0) is 12.1. The molecule has 4 heteroatoms. The van der Waals surface area contributed by atoms with Crippen LogP contribution in [0, 0.1) is 0 Å². The maximum absolute atomic E-state index is 6.08. The molecule has 0 bridgehead atoms. The van der Waals surface area contributed by atoms with Crippen LogP contribution in [0.2, 0.25) is 5.02 Å². The van der Waals surface area contributed by atoms with Gasteiger partial charge >= 0.3 is 0 Å². The number of hydrogen-bond acceptors (Lipinski definition) is 2. The predicted octanol–water partition coefficient (Wildman–Crippen LogP) is 4.15. The third kappa shape index (κ3) is 3.72. The number of nitrogens with one attached hydrogen (secondary N) is 1. The van der Waals surface area contributed by atoms with Crippen molar-refractivity contribution in [3.63, 3.8) is 0 Å². The summed E-state index contributed by atoms with van der Waals surface area (Å²) in [6, 6.07) is 11.7. The lowest BCUT2D eigenvalue weighted by molar-refractivity contribution is 0.961. The van der Waals surface area contributed by atoms with Crippen molar-refractivity contribution < 1.29 is 0 Å². The van der Waals surface area contributed by atoms with E-state index in [0.717, 1.165) is 33.8 Å². The van der Waals surface area contributed by atoms with Gasteiger partial charge in [-0.2, -0.15) is 0 Å². The summed E-state index contributed by atoms with van der Waals surface area (Å²) in [5, 5.41) is 4.03. The first-order chi connectivity index (χ1) is 8.25. The van der Waals surface area contributed by atoms with Gasteiger partial charge in [-0.25, -0.2) is 0 Å². The second kappa shape index (κ2) is 6.03. The topological polar surface area (TPSA) is 24.9 Å². The molecule has 1 aromatic carbocycles. The fraction of sp³-hybridized carbons (Fsp3) is 0.154. The van der Waals surface area contributed by atoms with Gasteiger partial charge in [0.05, 0.1) is 10.7 Å². The Hall–Kier alpha value is -1.06. The highest BCUT2D eigenvalue weighted by Crippen LogP contribution is 2.25. The quantitative estimate of drug-likeness (QED) is 0.917. The van der Waals surface area contributed by atoms with Crippen molar-refractivity contribution in [2.24, 2.45) is 0 Å². The maximum Gasteiger partial charge on any atom is 0.0638 e. The minimum absolute atomic E-state index is 0.731. The Morgan fingerprint density at radius 1 is 1.24 bits per heavy atom. The van der Waals surface area contributed by atoms with Crippen LogP contribution in [0.15, 0.2) is 47.1 Å². The standard InChI is InChI=1S/C13H12BrClN2/c14-10-4-5-12(15)13(9-10)17-8-6-11-3-1-2-7-16-11/h1-5,7,9,17H,6,8H2. The molecule has 0 spiro atoms. The molecule has 2 rings (SSSR count). The van der Waals surface area contributed by atoms with E-state index in [2.05, 4.69) is 26.2 Å². The van der Waals surface area contributed by atoms with Crippen LogP contribution in [0.1, 0.15) is 5.69 Å². The molecule has 0 aliphatic rings. The summed E-state index contributed by atoms with van der Waals surface area (Å²) in [4.78, 5) is 4.27. The van der Waals surface area contributed by atoms with Crippen molar-refractivity contribution in [2.45, 2.75) is 6.42 Å². The Morgan fingerprint density at radius 2 is 2.12 bits per heavy atom. The number of pyridine rings is 1. The van der Waals surface area contributed by atoms with Gasteiger partial charge in [0.1, 0.15) is 0 Å². The molecule has 2 nitrogen and oxygen atoms in total. The number of rotatable bonds is 4. The highest BCUT2D eigenvalue weighted by Gasteiger charge is 2.00. The van der Waals surface area contributed by atoms with Crippen LogP contribution < -0.4 is 5.32 Å². The van der Waals surface area contributed by atoms with Crippen molar-refractivity contribution in [1.29, 1.82) is 0 Å². The summed E-state index contributed by atoms with van der Waals surface area (Å²) in [5.74, 6) is 0. The van der Waals surface area contributed by atoms with Crippen molar-refractivity contribution in [3.8, 4) is 0 Å². The summed E-state index contributed by atoms with van der Waals surface area (Å²) in [6.45, 7) is 0.813. The van der Waals surface area contributed by atoms with E-state index in [1.807, 2.05) is 36.4 Å². The Bertz CT molecular complexity index is 488. The Kier molecular flexibility index (Phi) is 4.40. The van der Waals surface area contributed by atoms with E-state index in [1.165, 1.54) is 0 Å². The molecule has 1 aromatic heterocycles. The molecular weight excluding hydrogens is 300 g/mol. The van der Waals surface area contributed by atoms with Gasteiger partial charge < -0.3 is 5.32 Å². The van der Waals surface area contributed by atoms with E-state index in [9.17, 15) is 0 Å². The van der Waals surface area contributed by atoms with Crippen molar-refractivity contribution in [1.82, 2.24) is 4.98 Å². The molecule has 1 N–H and O–H groups in total. The molecular formula is C13H12BrClN2. The molecule has 17 heavy (non-hydrogen) atoms. The molecule has 0 fully saturated rings. The van der Waals surface area contributed by atoms with Gasteiger partial charge in [0, 0.05) is 29.3 Å². The number of anilines is 1. The summed E-state index contributed by atoms with van der Waals surface area (Å²) in [5.41, 5.74) is 2.02. The zero-order valence-corrected chi connectivity index (χ0v) is 11.5. The first-order valence-corrected chi connectivity index (χ1v) is 6.51. The molecule has 0 atom stereocenters. The molecule has 2 aromatic rings. The maximum atomic E-state index is 6.08. The van der Waals surface area contributed by atoms with E-state index < -0.39 is 0 Å². The van der Waals surface area contributed by atoms with Crippen LogP contribution in [0.25, 0.3) is 0 Å². The molecule has 0 saturated carbocycles. The molecule has 88 valence electrons. The van der Waals surface area contributed by atoms with Gasteiger partial charge in [0.2, 0.25) is 0 Å². The van der Waals surface area contributed by atoms with Crippen LogP contribution in [0.4, 0.5) is 5.69 Å². The van der Waals surface area contributed by atoms with Crippen LogP contribution in [0.5, 0.6) is 0 Å². The van der Waals surface area contributed by atoms with E-state index in [-0.39, 0.29) is 0 Å². The second-order valence-corrected chi connectivity index (χ2v) is 4.94. The zero-order valence-electron chi connectivity index (χ0n) is 9.16. The van der Waals surface area contributed by atoms with Gasteiger partial charge in [-0.05, 0) is 30.3 Å². The van der Waals surface area contributed by atoms with E-state index in [1.54, 1.807) is 6.20 Å². The summed E-state index contributed by atoms with van der Waals surface area (Å²) in [7, 11) is 0. The second-order valence-electron chi connectivity index (χ2n) is 3.62. The third-order valence-electron chi connectivity index (χ3n) is 2.35. The molecule has 0 amide bonds. The lowest BCUT2D eigenvalue weighted by Crippen LogP contribution is -2.06. The largest absolute Gasteiger partial charge is 0.383 e. The van der Waals surface area contributed by atoms with Gasteiger partial charge in [-0.3, -0.25) is 4.98 Å². The molecule has 0 saturated heterocycles. The van der Waals surface area contributed by atoms with E-state index >= 15 is 0 Å². The lowest BCUT2D eigenvalue weighted by Gasteiger charge is -2.08. The molecule has 0 unspecified atom stereocenters. The molecule has 0 aliphatic carbocycles. The van der Waals surface area contributed by atoms with Gasteiger partial charge in [0.25, 0.3) is 0 Å². The average molecular weight is 312 g/mol. The molecule has 0 aliphatic heterocycles. The Balaban J connectivity index is 1.92. The number of hydrogen-bond donors (Lipinski definition) is 1. The Labute approximate surface area is 114 Å². The molecule has 0 radical (unpaired) electrons. The SMILES string of the molecule is Clc1ccc(Br)cc1NCCc1ccccn1. The van der Waals surface area contributed by atoms with Gasteiger partial charge in [-0.1, -0.05) is 33.6 Å². The normalized spacial score (nSPS) is 10.2. The number of benzene rings is 1. The summed E-state index contributed by atoms with van der Waals surface area (Å²) >= 11 is 9.50. The lowest BCUT2D eigenvalue weighted by atomic mass is 10.2. The smallest absolute Gasteiger partial charge is 0.0638 e. The van der Waals surface area contributed by atoms with E-state index in [4.69, 9.17) is 11.6 Å². The number of halogens is 2. The van der Waals surface area contributed by atoms with Gasteiger partial charge in [0.15, 0.2) is 0 Å². The van der Waals surface area contributed by atoms with Crippen LogP contribution >= 0.6 is 27.5 Å². The monoisotopic (exact) mass is 310 g/mol. The Morgan fingerprint density at radius 3 is 2.88 bits per heavy atom. The van der Waals surface area contributed by atoms with Crippen LogP contribution in [-0.4, -0.2) is 11.5 Å². The minimum atomic E-state index is 0.731. The summed E-state index contributed by atoms with van der Waals surface area (Å²) < 4.78 is 1.02. The third-order valence-corrected chi connectivity index (χ3v) is 3.17. The first kappa shape index (κ1) is 12.4. The van der Waals surface area contributed by atoms with Crippen LogP contribution in [-0.2, 0) is 6.42 Å². The van der Waals surface area contributed by atoms with Crippen molar-refractivity contribution in [2.75, 3.05) is 11.9 Å². The molecule has 1 heterocycles. The first-order valence-electron chi connectivity index (χ1n) is 5.34. The average Bonchev–Trinajstić information content (AvgIpc) is 2.35. The predicted molar refractivity (Wildman–Crippen MR) is 75.6 cm³/mol. The minimum Gasteiger partial charge on any atom is -0.383 e. The van der Waals surface area contributed by atoms with Crippen LogP contribution in [0.3, 0.4) is 0 Å². The highest BCUT2D eigenvalue weighted by atomic mass is 79.9. The fourth-order valence-corrected chi connectivity index (χ4v) is 2.05.